The Hall–Kier alpha value is -2.12. The highest BCUT2D eigenvalue weighted by Gasteiger charge is 2.24. The fourth-order valence-corrected chi connectivity index (χ4v) is 4.10. The van der Waals surface area contributed by atoms with Gasteiger partial charge in [0.2, 0.25) is 5.91 Å². The van der Waals surface area contributed by atoms with Crippen molar-refractivity contribution < 1.29 is 9.53 Å². The van der Waals surface area contributed by atoms with Gasteiger partial charge >= 0.3 is 0 Å². The largest absolute Gasteiger partial charge is 0.379 e. The number of ether oxygens (including phenoxy) is 1. The highest BCUT2D eigenvalue weighted by Crippen LogP contribution is 2.18. The molecule has 1 unspecified atom stereocenters. The molecule has 1 fully saturated rings. The van der Waals surface area contributed by atoms with Gasteiger partial charge in [0.25, 0.3) is 0 Å². The number of hydrogen-bond donors (Lipinski definition) is 2. The van der Waals surface area contributed by atoms with Gasteiger partial charge in [0.1, 0.15) is 0 Å². The zero-order chi connectivity index (χ0) is 20.6. The number of hydrogen-bond acceptors (Lipinski definition) is 4. The number of morpholine rings is 1. The third-order valence-corrected chi connectivity index (χ3v) is 5.88. The fraction of sp³-hybridized carbons (Fsp3) is 0.636. The average Bonchev–Trinajstić information content (AvgIpc) is 2.76. The normalized spacial score (nSPS) is 19.0. The van der Waals surface area contributed by atoms with E-state index in [1.165, 1.54) is 11.1 Å². The van der Waals surface area contributed by atoms with E-state index >= 15 is 0 Å². The molecule has 0 saturated carbocycles. The average molecular weight is 402 g/mol. The van der Waals surface area contributed by atoms with Gasteiger partial charge < -0.3 is 20.3 Å². The third kappa shape index (κ3) is 5.93. The molecule has 2 aliphatic rings. The first-order valence-electron chi connectivity index (χ1n) is 10.7. The van der Waals surface area contributed by atoms with Crippen molar-refractivity contribution in [2.24, 2.45) is 10.9 Å². The fourth-order valence-electron chi connectivity index (χ4n) is 4.10. The highest BCUT2D eigenvalue weighted by molar-refractivity contribution is 5.86. The van der Waals surface area contributed by atoms with E-state index in [9.17, 15) is 4.79 Å². The minimum Gasteiger partial charge on any atom is -0.379 e. The molecular formula is C22H35N5O2. The van der Waals surface area contributed by atoms with E-state index < -0.39 is 0 Å². The van der Waals surface area contributed by atoms with Gasteiger partial charge in [0.15, 0.2) is 5.96 Å². The lowest BCUT2D eigenvalue weighted by atomic mass is 10.00. The summed E-state index contributed by atoms with van der Waals surface area (Å²) in [6, 6.07) is 8.78. The second-order valence-electron chi connectivity index (χ2n) is 8.10. The van der Waals surface area contributed by atoms with Crippen LogP contribution in [-0.2, 0) is 22.5 Å². The van der Waals surface area contributed by atoms with Gasteiger partial charge in [0, 0.05) is 45.8 Å². The van der Waals surface area contributed by atoms with E-state index in [4.69, 9.17) is 4.74 Å². The summed E-state index contributed by atoms with van der Waals surface area (Å²) in [6.07, 6.45) is 0.921. The van der Waals surface area contributed by atoms with E-state index in [-0.39, 0.29) is 12.5 Å². The molecule has 160 valence electrons. The molecule has 1 saturated heterocycles. The molecule has 2 N–H and O–H groups in total. The number of nitrogens with one attached hydrogen (secondary N) is 2. The second-order valence-corrected chi connectivity index (χ2v) is 8.10. The molecule has 0 radical (unpaired) electrons. The van der Waals surface area contributed by atoms with Gasteiger partial charge in [-0.1, -0.05) is 38.1 Å². The lowest BCUT2D eigenvalue weighted by molar-refractivity contribution is -0.130. The summed E-state index contributed by atoms with van der Waals surface area (Å²) in [5.41, 5.74) is 2.60. The minimum atomic E-state index is 0.107. The van der Waals surface area contributed by atoms with E-state index in [1.807, 2.05) is 11.0 Å². The third-order valence-electron chi connectivity index (χ3n) is 5.88. The Morgan fingerprint density at radius 3 is 2.55 bits per heavy atom. The zero-order valence-corrected chi connectivity index (χ0v) is 18.0. The maximum absolute atomic E-state index is 12.7. The summed E-state index contributed by atoms with van der Waals surface area (Å²) in [6.45, 7) is 10.5. The maximum Gasteiger partial charge on any atom is 0.242 e. The molecule has 7 nitrogen and oxygen atoms in total. The molecule has 2 heterocycles. The number of amides is 1. The van der Waals surface area contributed by atoms with Gasteiger partial charge in [-0.15, -0.1) is 0 Å². The first-order valence-corrected chi connectivity index (χ1v) is 10.7. The summed E-state index contributed by atoms with van der Waals surface area (Å²) in [5, 5.41) is 6.60. The lowest BCUT2D eigenvalue weighted by Crippen LogP contribution is -2.53. The number of carbonyl (C=O) groups is 1. The highest BCUT2D eigenvalue weighted by atomic mass is 16.5. The Kier molecular flexibility index (Phi) is 7.89. The molecule has 0 spiro atoms. The molecular weight excluding hydrogens is 366 g/mol. The summed E-state index contributed by atoms with van der Waals surface area (Å²) in [4.78, 5) is 21.4. The predicted octanol–water partition coefficient (Wildman–Crippen LogP) is 1.09. The molecule has 3 rings (SSSR count). The summed E-state index contributed by atoms with van der Waals surface area (Å²) in [7, 11) is 1.75. The summed E-state index contributed by atoms with van der Waals surface area (Å²) in [5.74, 6) is 1.31. The van der Waals surface area contributed by atoms with E-state index in [0.717, 1.165) is 45.8 Å². The Balaban J connectivity index is 1.46. The molecule has 0 bridgehead atoms. The number of fused-ring (bicyclic) bond motifs is 1. The molecule has 7 heteroatoms. The first-order chi connectivity index (χ1) is 14.1. The number of benzene rings is 1. The molecule has 2 aliphatic heterocycles. The molecule has 0 aliphatic carbocycles. The van der Waals surface area contributed by atoms with Crippen molar-refractivity contribution in [3.05, 3.63) is 35.4 Å². The minimum absolute atomic E-state index is 0.107. The van der Waals surface area contributed by atoms with Gasteiger partial charge in [-0.3, -0.25) is 14.7 Å². The van der Waals surface area contributed by atoms with Crippen LogP contribution in [0.4, 0.5) is 0 Å². The Morgan fingerprint density at radius 2 is 1.86 bits per heavy atom. The van der Waals surface area contributed by atoms with E-state index in [2.05, 4.69) is 52.6 Å². The molecule has 1 amide bonds. The standard InChI is InChI=1S/C22H35N5O2/c1-17(2)20(26-10-12-29-13-11-26)14-24-22(23-3)25-15-21(28)27-9-8-18-6-4-5-7-19(18)16-27/h4-7,17,20H,8-16H2,1-3H3,(H2,23,24,25). The van der Waals surface area contributed by atoms with E-state index in [0.29, 0.717) is 24.5 Å². The summed E-state index contributed by atoms with van der Waals surface area (Å²) >= 11 is 0. The second kappa shape index (κ2) is 10.6. The van der Waals surface area contributed by atoms with Crippen LogP contribution in [0.15, 0.2) is 29.3 Å². The lowest BCUT2D eigenvalue weighted by Gasteiger charge is -2.37. The maximum atomic E-state index is 12.7. The van der Waals surface area contributed by atoms with Crippen molar-refractivity contribution in [1.29, 1.82) is 0 Å². The molecule has 1 aromatic carbocycles. The smallest absolute Gasteiger partial charge is 0.242 e. The van der Waals surface area contributed by atoms with E-state index in [1.54, 1.807) is 7.05 Å². The Labute approximate surface area is 174 Å². The van der Waals surface area contributed by atoms with Crippen molar-refractivity contribution >= 4 is 11.9 Å². The van der Waals surface area contributed by atoms with Crippen molar-refractivity contribution in [3.63, 3.8) is 0 Å². The Morgan fingerprint density at radius 1 is 1.14 bits per heavy atom. The Bertz CT molecular complexity index is 700. The number of rotatable bonds is 6. The molecule has 1 aromatic rings. The molecule has 0 aromatic heterocycles. The van der Waals surface area contributed by atoms with Crippen molar-refractivity contribution in [2.75, 3.05) is 53.0 Å². The SMILES string of the molecule is CN=C(NCC(=O)N1CCc2ccccc2C1)NCC(C(C)C)N1CCOCC1. The quantitative estimate of drug-likeness (QED) is 0.552. The van der Waals surface area contributed by atoms with Crippen LogP contribution in [0, 0.1) is 5.92 Å². The number of guanidine groups is 1. The number of nitrogens with zero attached hydrogens (tertiary/aromatic N) is 3. The van der Waals surface area contributed by atoms with Crippen LogP contribution in [0.3, 0.4) is 0 Å². The van der Waals surface area contributed by atoms with Crippen LogP contribution >= 0.6 is 0 Å². The van der Waals surface area contributed by atoms with Crippen LogP contribution < -0.4 is 10.6 Å². The predicted molar refractivity (Wildman–Crippen MR) is 116 cm³/mol. The number of aliphatic imine (C=N–C) groups is 1. The van der Waals surface area contributed by atoms with Crippen molar-refractivity contribution in [3.8, 4) is 0 Å². The monoisotopic (exact) mass is 401 g/mol. The molecule has 1 atom stereocenters. The first kappa shape index (κ1) is 21.6. The molecule has 29 heavy (non-hydrogen) atoms. The summed E-state index contributed by atoms with van der Waals surface area (Å²) < 4.78 is 5.48. The van der Waals surface area contributed by atoms with Crippen molar-refractivity contribution in [1.82, 2.24) is 20.4 Å². The zero-order valence-electron chi connectivity index (χ0n) is 18.0. The van der Waals surface area contributed by atoms with Crippen molar-refractivity contribution in [2.45, 2.75) is 32.9 Å². The van der Waals surface area contributed by atoms with Gasteiger partial charge in [-0.05, 0) is 23.5 Å². The van der Waals surface area contributed by atoms with Crippen LogP contribution in [0.5, 0.6) is 0 Å². The van der Waals surface area contributed by atoms with Crippen LogP contribution in [-0.4, -0.2) is 80.7 Å². The van der Waals surface area contributed by atoms with Gasteiger partial charge in [-0.2, -0.15) is 0 Å². The van der Waals surface area contributed by atoms with Gasteiger partial charge in [0.05, 0.1) is 19.8 Å². The van der Waals surface area contributed by atoms with Crippen LogP contribution in [0.2, 0.25) is 0 Å². The number of carbonyl (C=O) groups excluding carboxylic acids is 1. The van der Waals surface area contributed by atoms with Crippen LogP contribution in [0.1, 0.15) is 25.0 Å². The van der Waals surface area contributed by atoms with Gasteiger partial charge in [-0.25, -0.2) is 0 Å². The topological polar surface area (TPSA) is 69.2 Å². The van der Waals surface area contributed by atoms with Crippen LogP contribution in [0.25, 0.3) is 0 Å².